The smallest absolute Gasteiger partial charge is 0.243 e. The molecule has 0 saturated heterocycles. The van der Waals surface area contributed by atoms with Crippen LogP contribution in [0.15, 0.2) is 47.5 Å². The maximum atomic E-state index is 12.1. The minimum atomic E-state index is -0.187. The van der Waals surface area contributed by atoms with Crippen molar-refractivity contribution in [2.75, 3.05) is 18.4 Å². The molecule has 6 nitrogen and oxygen atoms in total. The number of aryl methyl sites for hydroxylation is 2. The van der Waals surface area contributed by atoms with Crippen LogP contribution in [0.1, 0.15) is 23.6 Å². The molecule has 4 N–H and O–H groups in total. The second-order valence-electron chi connectivity index (χ2n) is 6.07. The van der Waals surface area contributed by atoms with Crippen LogP contribution in [-0.4, -0.2) is 30.1 Å². The lowest BCUT2D eigenvalue weighted by Crippen LogP contribution is -2.41. The molecule has 0 aliphatic rings. The number of halogens is 1. The third kappa shape index (κ3) is 7.86. The predicted octanol–water partition coefficient (Wildman–Crippen LogP) is 3.32. The van der Waals surface area contributed by atoms with Crippen LogP contribution in [0, 0.1) is 13.8 Å². The SMILES string of the molecule is CCNC(=NCc1ccc(C)cc1C)NCC(=O)Nc1ccc(O)cc1.I. The van der Waals surface area contributed by atoms with Gasteiger partial charge in [-0.1, -0.05) is 23.8 Å². The first-order valence-corrected chi connectivity index (χ1v) is 8.65. The Morgan fingerprint density at radius 1 is 1.07 bits per heavy atom. The van der Waals surface area contributed by atoms with Crippen LogP contribution in [-0.2, 0) is 11.3 Å². The van der Waals surface area contributed by atoms with E-state index in [1.165, 1.54) is 23.3 Å². The maximum Gasteiger partial charge on any atom is 0.243 e. The van der Waals surface area contributed by atoms with E-state index in [-0.39, 0.29) is 42.2 Å². The van der Waals surface area contributed by atoms with Crippen LogP contribution in [0.3, 0.4) is 0 Å². The van der Waals surface area contributed by atoms with Gasteiger partial charge in [0, 0.05) is 12.2 Å². The van der Waals surface area contributed by atoms with Gasteiger partial charge in [-0.3, -0.25) is 4.79 Å². The average molecular weight is 482 g/mol. The van der Waals surface area contributed by atoms with Gasteiger partial charge in [-0.05, 0) is 56.2 Å². The number of rotatable bonds is 6. The fourth-order valence-corrected chi connectivity index (χ4v) is 2.44. The minimum absolute atomic E-state index is 0. The Labute approximate surface area is 177 Å². The van der Waals surface area contributed by atoms with E-state index in [0.717, 1.165) is 5.56 Å². The molecule has 0 spiro atoms. The van der Waals surface area contributed by atoms with E-state index in [0.29, 0.717) is 24.7 Å². The first-order valence-electron chi connectivity index (χ1n) is 8.65. The third-order valence-corrected chi connectivity index (χ3v) is 3.82. The second kappa shape index (κ2) is 11.4. The van der Waals surface area contributed by atoms with Gasteiger partial charge in [-0.2, -0.15) is 0 Å². The van der Waals surface area contributed by atoms with Crippen LogP contribution in [0.2, 0.25) is 0 Å². The first-order chi connectivity index (χ1) is 12.5. The number of phenolic OH excluding ortho intramolecular Hbond substituents is 1. The maximum absolute atomic E-state index is 12.1. The summed E-state index contributed by atoms with van der Waals surface area (Å²) in [6.45, 7) is 7.46. The van der Waals surface area contributed by atoms with Crippen LogP contribution >= 0.6 is 24.0 Å². The zero-order valence-corrected chi connectivity index (χ0v) is 18.2. The van der Waals surface area contributed by atoms with Crippen molar-refractivity contribution in [1.82, 2.24) is 10.6 Å². The Kier molecular flexibility index (Phi) is 9.63. The Hall–Kier alpha value is -2.29. The number of carbonyl (C=O) groups excluding carboxylic acids is 1. The lowest BCUT2D eigenvalue weighted by Gasteiger charge is -2.12. The fourth-order valence-electron chi connectivity index (χ4n) is 2.44. The van der Waals surface area contributed by atoms with Crippen molar-refractivity contribution in [3.8, 4) is 5.75 Å². The molecular weight excluding hydrogens is 455 g/mol. The van der Waals surface area contributed by atoms with E-state index in [2.05, 4.69) is 53.0 Å². The van der Waals surface area contributed by atoms with Crippen molar-refractivity contribution in [3.05, 3.63) is 59.2 Å². The van der Waals surface area contributed by atoms with Crippen LogP contribution in [0.4, 0.5) is 5.69 Å². The van der Waals surface area contributed by atoms with Crippen LogP contribution < -0.4 is 16.0 Å². The van der Waals surface area contributed by atoms with E-state index < -0.39 is 0 Å². The molecule has 0 saturated carbocycles. The molecule has 0 unspecified atom stereocenters. The standard InChI is InChI=1S/C20H26N4O2.HI/c1-4-21-20(22-12-16-6-5-14(2)11-15(16)3)23-13-19(26)24-17-7-9-18(25)10-8-17;/h5-11,25H,4,12-13H2,1-3H3,(H,24,26)(H2,21,22,23);1H. The monoisotopic (exact) mass is 482 g/mol. The van der Waals surface area contributed by atoms with Crippen molar-refractivity contribution in [2.24, 2.45) is 4.99 Å². The fraction of sp³-hybridized carbons (Fsp3) is 0.300. The topological polar surface area (TPSA) is 85.8 Å². The molecule has 0 heterocycles. The zero-order valence-electron chi connectivity index (χ0n) is 15.9. The zero-order chi connectivity index (χ0) is 18.9. The molecule has 146 valence electrons. The molecule has 0 fully saturated rings. The van der Waals surface area contributed by atoms with E-state index in [1.54, 1.807) is 12.1 Å². The van der Waals surface area contributed by atoms with Crippen molar-refractivity contribution >= 4 is 41.5 Å². The molecule has 7 heteroatoms. The van der Waals surface area contributed by atoms with Gasteiger partial charge >= 0.3 is 0 Å². The number of nitrogens with one attached hydrogen (secondary N) is 3. The van der Waals surface area contributed by atoms with Crippen molar-refractivity contribution in [1.29, 1.82) is 0 Å². The quantitative estimate of drug-likeness (QED) is 0.220. The van der Waals surface area contributed by atoms with Crippen molar-refractivity contribution in [3.63, 3.8) is 0 Å². The van der Waals surface area contributed by atoms with E-state index in [9.17, 15) is 9.90 Å². The summed E-state index contributed by atoms with van der Waals surface area (Å²) in [5, 5.41) is 18.2. The number of aliphatic imine (C=N–C) groups is 1. The molecule has 2 aromatic carbocycles. The minimum Gasteiger partial charge on any atom is -0.508 e. The summed E-state index contributed by atoms with van der Waals surface area (Å²) in [5.41, 5.74) is 4.22. The largest absolute Gasteiger partial charge is 0.508 e. The number of hydrogen-bond acceptors (Lipinski definition) is 3. The number of guanidine groups is 1. The number of phenols is 1. The second-order valence-corrected chi connectivity index (χ2v) is 6.07. The summed E-state index contributed by atoms with van der Waals surface area (Å²) in [4.78, 5) is 16.6. The highest BCUT2D eigenvalue weighted by atomic mass is 127. The number of nitrogens with zero attached hydrogens (tertiary/aromatic N) is 1. The summed E-state index contributed by atoms with van der Waals surface area (Å²) >= 11 is 0. The Morgan fingerprint density at radius 3 is 2.41 bits per heavy atom. The van der Waals surface area contributed by atoms with Gasteiger partial charge in [-0.15, -0.1) is 24.0 Å². The van der Waals surface area contributed by atoms with Gasteiger partial charge in [0.15, 0.2) is 5.96 Å². The van der Waals surface area contributed by atoms with Gasteiger partial charge in [0.1, 0.15) is 5.75 Å². The summed E-state index contributed by atoms with van der Waals surface area (Å²) in [6, 6.07) is 12.6. The lowest BCUT2D eigenvalue weighted by atomic mass is 10.1. The number of aromatic hydroxyl groups is 1. The highest BCUT2D eigenvalue weighted by molar-refractivity contribution is 14.0. The number of amides is 1. The Bertz CT molecular complexity index is 776. The molecule has 2 aromatic rings. The molecule has 1 amide bonds. The van der Waals surface area contributed by atoms with Crippen molar-refractivity contribution < 1.29 is 9.90 Å². The third-order valence-electron chi connectivity index (χ3n) is 3.82. The predicted molar refractivity (Wildman–Crippen MR) is 121 cm³/mol. The molecule has 0 atom stereocenters. The van der Waals surface area contributed by atoms with Gasteiger partial charge in [0.05, 0.1) is 13.1 Å². The summed E-state index contributed by atoms with van der Waals surface area (Å²) in [6.07, 6.45) is 0. The normalized spacial score (nSPS) is 10.7. The number of carbonyl (C=O) groups is 1. The van der Waals surface area contributed by atoms with Gasteiger partial charge < -0.3 is 21.1 Å². The Morgan fingerprint density at radius 2 is 1.78 bits per heavy atom. The molecular formula is C20H27IN4O2. The summed E-state index contributed by atoms with van der Waals surface area (Å²) in [5.74, 6) is 0.565. The highest BCUT2D eigenvalue weighted by Gasteiger charge is 2.05. The van der Waals surface area contributed by atoms with E-state index in [4.69, 9.17) is 0 Å². The molecule has 2 rings (SSSR count). The Balaban J connectivity index is 0.00000364. The molecule has 0 aromatic heterocycles. The average Bonchev–Trinajstić information content (AvgIpc) is 2.60. The highest BCUT2D eigenvalue weighted by Crippen LogP contribution is 2.13. The molecule has 0 aliphatic carbocycles. The molecule has 0 bridgehead atoms. The summed E-state index contributed by atoms with van der Waals surface area (Å²) < 4.78 is 0. The van der Waals surface area contributed by atoms with Crippen molar-refractivity contribution in [2.45, 2.75) is 27.3 Å². The molecule has 0 radical (unpaired) electrons. The van der Waals surface area contributed by atoms with Gasteiger partial charge in [-0.25, -0.2) is 4.99 Å². The van der Waals surface area contributed by atoms with Crippen LogP contribution in [0.5, 0.6) is 5.75 Å². The lowest BCUT2D eigenvalue weighted by molar-refractivity contribution is -0.115. The van der Waals surface area contributed by atoms with Gasteiger partial charge in [0.2, 0.25) is 5.91 Å². The number of hydrogen-bond donors (Lipinski definition) is 4. The molecule has 27 heavy (non-hydrogen) atoms. The molecule has 0 aliphatic heterocycles. The van der Waals surface area contributed by atoms with Gasteiger partial charge in [0.25, 0.3) is 0 Å². The first kappa shape index (κ1) is 22.8. The van der Waals surface area contributed by atoms with E-state index >= 15 is 0 Å². The number of anilines is 1. The van der Waals surface area contributed by atoms with Crippen LogP contribution in [0.25, 0.3) is 0 Å². The van der Waals surface area contributed by atoms with E-state index in [1.807, 2.05) is 6.92 Å². The summed E-state index contributed by atoms with van der Waals surface area (Å²) in [7, 11) is 0. The number of benzene rings is 2.